The van der Waals surface area contributed by atoms with E-state index >= 15 is 0 Å². The average molecular weight is 989 g/mol. The van der Waals surface area contributed by atoms with Gasteiger partial charge in [0.1, 0.15) is 30.5 Å². The number of unbranched alkanes of at least 4 members (excludes halogenated alkanes) is 33. The monoisotopic (exact) mass is 989 g/mol. The molecule has 1 rings (SSSR count). The van der Waals surface area contributed by atoms with Gasteiger partial charge in [-0.25, -0.2) is 4.18 Å². The molecule has 1 aliphatic rings. The molecule has 1 fully saturated rings. The number of allylic oxidation sites excluding steroid dienone is 4. The van der Waals surface area contributed by atoms with Crippen molar-refractivity contribution in [1.29, 1.82) is 0 Å². The zero-order chi connectivity index (χ0) is 49.6. The number of aliphatic hydroxyl groups excluding tert-OH is 3. The van der Waals surface area contributed by atoms with E-state index in [1.807, 2.05) is 0 Å². The summed E-state index contributed by atoms with van der Waals surface area (Å²) in [4.78, 5) is 12.9. The molecule has 1 saturated heterocycles. The fourth-order valence-electron chi connectivity index (χ4n) is 8.82. The number of ether oxygens (including phenoxy) is 4. The molecule has 6 atom stereocenters. The summed E-state index contributed by atoms with van der Waals surface area (Å²) >= 11 is 0. The molecule has 12 nitrogen and oxygen atoms in total. The highest BCUT2D eigenvalue weighted by Gasteiger charge is 2.48. The van der Waals surface area contributed by atoms with Crippen molar-refractivity contribution in [2.45, 2.75) is 295 Å². The number of esters is 1. The van der Waals surface area contributed by atoms with Gasteiger partial charge in [0, 0.05) is 13.0 Å². The molecule has 4 N–H and O–H groups in total. The molecule has 0 aliphatic carbocycles. The summed E-state index contributed by atoms with van der Waals surface area (Å²) in [6.45, 7) is 4.03. The first-order valence-electron chi connectivity index (χ1n) is 28.1. The van der Waals surface area contributed by atoms with Crippen LogP contribution in [0.1, 0.15) is 258 Å². The SMILES string of the molecule is CCCCCCC/C=C\C/C=C\CCCCCCCCCCCCOCC(COC1OC(CO)C(O)C(OS(=O)(=O)O)C1O)OC(=O)CCCCCCCCCCCCCCCCCCCCC. The normalized spacial score (nSPS) is 19.4. The molecule has 0 aromatic rings. The molecule has 0 saturated carbocycles. The quantitative estimate of drug-likeness (QED) is 0.0196. The lowest BCUT2D eigenvalue weighted by atomic mass is 9.99. The van der Waals surface area contributed by atoms with Crippen LogP contribution in [0.3, 0.4) is 0 Å². The highest BCUT2D eigenvalue weighted by atomic mass is 32.3. The Bertz CT molecular complexity index is 1280. The summed E-state index contributed by atoms with van der Waals surface area (Å²) in [5.41, 5.74) is 0. The van der Waals surface area contributed by atoms with Crippen LogP contribution in [-0.4, -0.2) is 97.5 Å². The highest BCUT2D eigenvalue weighted by molar-refractivity contribution is 7.80. The molecule has 402 valence electrons. The van der Waals surface area contributed by atoms with Gasteiger partial charge in [-0.2, -0.15) is 8.42 Å². The molecule has 1 aliphatic heterocycles. The Balaban J connectivity index is 2.31. The summed E-state index contributed by atoms with van der Waals surface area (Å²) in [6.07, 6.45) is 46.4. The van der Waals surface area contributed by atoms with Crippen molar-refractivity contribution in [3.05, 3.63) is 24.3 Å². The smallest absolute Gasteiger partial charge is 0.397 e. The molecular weight excluding hydrogens is 885 g/mol. The Morgan fingerprint density at radius 2 is 0.971 bits per heavy atom. The van der Waals surface area contributed by atoms with E-state index in [4.69, 9.17) is 18.9 Å². The predicted molar refractivity (Wildman–Crippen MR) is 276 cm³/mol. The third-order valence-electron chi connectivity index (χ3n) is 13.1. The molecule has 68 heavy (non-hydrogen) atoms. The standard InChI is InChI=1S/C55H104O12S/c1-3-5-7-9-11-13-15-17-19-21-23-24-25-27-29-31-33-35-37-39-41-43-45-63-47-49(48-64-55-53(59)54(67-68(60,61)62)52(58)50(46-56)66-55)65-51(57)44-42-40-38-36-34-32-30-28-26-22-20-18-16-14-12-10-8-6-4-2/h15,17,21,23,49-50,52-56,58-59H,3-14,16,18-20,22,24-48H2,1-2H3,(H,60,61,62)/b17-15-,23-21-. The van der Waals surface area contributed by atoms with Gasteiger partial charge in [-0.15, -0.1) is 0 Å². The fourth-order valence-corrected chi connectivity index (χ4v) is 9.33. The van der Waals surface area contributed by atoms with Crippen molar-refractivity contribution in [2.24, 2.45) is 0 Å². The summed E-state index contributed by atoms with van der Waals surface area (Å²) in [6, 6.07) is 0. The van der Waals surface area contributed by atoms with E-state index in [1.54, 1.807) is 0 Å². The predicted octanol–water partition coefficient (Wildman–Crippen LogP) is 13.5. The van der Waals surface area contributed by atoms with Crippen LogP contribution in [-0.2, 0) is 38.3 Å². The average Bonchev–Trinajstić information content (AvgIpc) is 3.31. The van der Waals surface area contributed by atoms with Crippen LogP contribution in [0.4, 0.5) is 0 Å². The number of carbonyl (C=O) groups is 1. The maximum atomic E-state index is 12.9. The maximum absolute atomic E-state index is 12.9. The molecule has 0 bridgehead atoms. The van der Waals surface area contributed by atoms with Crippen LogP contribution in [0.15, 0.2) is 24.3 Å². The third kappa shape index (κ3) is 39.2. The molecule has 13 heteroatoms. The van der Waals surface area contributed by atoms with E-state index in [9.17, 15) is 33.1 Å². The first-order chi connectivity index (χ1) is 33.1. The molecule has 1 heterocycles. The van der Waals surface area contributed by atoms with E-state index in [1.165, 1.54) is 186 Å². The van der Waals surface area contributed by atoms with E-state index in [-0.39, 0.29) is 19.6 Å². The van der Waals surface area contributed by atoms with Crippen LogP contribution >= 0.6 is 0 Å². The van der Waals surface area contributed by atoms with Crippen LogP contribution in [0.25, 0.3) is 0 Å². The number of rotatable bonds is 50. The van der Waals surface area contributed by atoms with Crippen molar-refractivity contribution >= 4 is 16.4 Å². The number of aliphatic hydroxyl groups is 3. The number of hydrogen-bond acceptors (Lipinski definition) is 11. The first-order valence-corrected chi connectivity index (χ1v) is 29.5. The summed E-state index contributed by atoms with van der Waals surface area (Å²) < 4.78 is 59.4. The lowest BCUT2D eigenvalue weighted by molar-refractivity contribution is -0.301. The first kappa shape index (κ1) is 64.6. The van der Waals surface area contributed by atoms with Gasteiger partial charge in [0.05, 0.1) is 19.8 Å². The van der Waals surface area contributed by atoms with Crippen LogP contribution < -0.4 is 0 Å². The van der Waals surface area contributed by atoms with Gasteiger partial charge in [0.15, 0.2) is 6.29 Å². The Kier molecular flexibility index (Phi) is 44.3. The van der Waals surface area contributed by atoms with E-state index < -0.39 is 59.8 Å². The number of hydrogen-bond donors (Lipinski definition) is 4. The van der Waals surface area contributed by atoms with Crippen molar-refractivity contribution in [2.75, 3.05) is 26.4 Å². The van der Waals surface area contributed by atoms with Crippen molar-refractivity contribution < 1.29 is 56.2 Å². The molecule has 0 radical (unpaired) electrons. The lowest BCUT2D eigenvalue weighted by Gasteiger charge is -2.41. The van der Waals surface area contributed by atoms with Crippen LogP contribution in [0.2, 0.25) is 0 Å². The van der Waals surface area contributed by atoms with Gasteiger partial charge >= 0.3 is 16.4 Å². The minimum atomic E-state index is -5.06. The minimum Gasteiger partial charge on any atom is -0.457 e. The Morgan fingerprint density at radius 3 is 1.40 bits per heavy atom. The van der Waals surface area contributed by atoms with Crippen molar-refractivity contribution in [1.82, 2.24) is 0 Å². The van der Waals surface area contributed by atoms with Crippen LogP contribution in [0, 0.1) is 0 Å². The van der Waals surface area contributed by atoms with E-state index in [2.05, 4.69) is 42.3 Å². The van der Waals surface area contributed by atoms with Gasteiger partial charge < -0.3 is 34.3 Å². The fraction of sp³-hybridized carbons (Fsp3) is 0.909. The lowest BCUT2D eigenvalue weighted by Crippen LogP contribution is -2.60. The highest BCUT2D eigenvalue weighted by Crippen LogP contribution is 2.26. The summed E-state index contributed by atoms with van der Waals surface area (Å²) in [5.74, 6) is -0.394. The van der Waals surface area contributed by atoms with Crippen molar-refractivity contribution in [3.63, 3.8) is 0 Å². The second-order valence-electron chi connectivity index (χ2n) is 19.5. The Morgan fingerprint density at radius 1 is 0.559 bits per heavy atom. The second-order valence-corrected chi connectivity index (χ2v) is 20.6. The van der Waals surface area contributed by atoms with Gasteiger partial charge in [-0.3, -0.25) is 9.35 Å². The Hall–Kier alpha value is -1.42. The third-order valence-corrected chi connectivity index (χ3v) is 13.5. The van der Waals surface area contributed by atoms with Gasteiger partial charge in [0.2, 0.25) is 0 Å². The van der Waals surface area contributed by atoms with Crippen LogP contribution in [0.5, 0.6) is 0 Å². The van der Waals surface area contributed by atoms with E-state index in [0.29, 0.717) is 13.0 Å². The van der Waals surface area contributed by atoms with Gasteiger partial charge in [-0.1, -0.05) is 231 Å². The molecule has 0 aromatic heterocycles. The topological polar surface area (TPSA) is 178 Å². The van der Waals surface area contributed by atoms with E-state index in [0.717, 1.165) is 44.9 Å². The molecule has 0 amide bonds. The number of carbonyl (C=O) groups excluding carboxylic acids is 1. The molecular formula is C55H104O12S. The molecule has 6 unspecified atom stereocenters. The zero-order valence-electron chi connectivity index (χ0n) is 43.4. The second kappa shape index (κ2) is 46.6. The summed E-state index contributed by atoms with van der Waals surface area (Å²) in [5, 5.41) is 30.8. The minimum absolute atomic E-state index is 0.0385. The Labute approximate surface area is 416 Å². The van der Waals surface area contributed by atoms with Gasteiger partial charge in [0.25, 0.3) is 0 Å². The van der Waals surface area contributed by atoms with Gasteiger partial charge in [-0.05, 0) is 44.9 Å². The molecule has 0 aromatic carbocycles. The maximum Gasteiger partial charge on any atom is 0.397 e. The largest absolute Gasteiger partial charge is 0.457 e. The van der Waals surface area contributed by atoms with Crippen molar-refractivity contribution in [3.8, 4) is 0 Å². The summed E-state index contributed by atoms with van der Waals surface area (Å²) in [7, 11) is -5.06. The zero-order valence-corrected chi connectivity index (χ0v) is 44.3. The molecule has 0 spiro atoms.